The van der Waals surface area contributed by atoms with Crippen molar-refractivity contribution < 1.29 is 26.2 Å². The van der Waals surface area contributed by atoms with Crippen molar-refractivity contribution >= 4 is 11.0 Å². The second-order valence-corrected chi connectivity index (χ2v) is 23.4. The standard InChI is InChI=1S/C62H68N3O.Pt/c1-58(2,3)45-27-24-40(25-28-45)42-30-31-63-52(36-42)44-32-43(33-46(34-44)59(4,5)6)48-22-19-23-54-55(48)64-57(49-37-47(60(7,8)9)38-51(56(49)66)62(13,14)15)65(54)53-29-26-41(35-50(53)61(10,11)12)39-20-17-16-18-21-39;/h16-31,33-38,66H,1-15H3;/q-1;. The van der Waals surface area contributed by atoms with E-state index < -0.39 is 0 Å². The fourth-order valence-corrected chi connectivity index (χ4v) is 8.90. The van der Waals surface area contributed by atoms with Crippen LogP contribution in [0.25, 0.3) is 72.7 Å². The number of phenols is 1. The van der Waals surface area contributed by atoms with Gasteiger partial charge in [0.25, 0.3) is 0 Å². The third kappa shape index (κ3) is 10.0. The molecule has 0 saturated heterocycles. The van der Waals surface area contributed by atoms with Crippen molar-refractivity contribution in [3.63, 3.8) is 0 Å². The van der Waals surface area contributed by atoms with Gasteiger partial charge in [-0.2, -0.15) is 0 Å². The van der Waals surface area contributed by atoms with Gasteiger partial charge in [-0.3, -0.25) is 9.55 Å². The normalized spacial score (nSPS) is 12.6. The minimum Gasteiger partial charge on any atom is -0.507 e. The second-order valence-electron chi connectivity index (χ2n) is 23.4. The average Bonchev–Trinajstić information content (AvgIpc) is 3.64. The molecule has 0 bridgehead atoms. The third-order valence-electron chi connectivity index (χ3n) is 13.0. The maximum absolute atomic E-state index is 12.5. The number of para-hydroxylation sites is 1. The Morgan fingerprint density at radius 2 is 1.03 bits per heavy atom. The fraction of sp³-hybridized carbons (Fsp3) is 0.323. The maximum Gasteiger partial charge on any atom is 0.148 e. The number of pyridine rings is 1. The number of benzene rings is 6. The van der Waals surface area contributed by atoms with Crippen LogP contribution in [-0.4, -0.2) is 19.6 Å². The first-order valence-electron chi connectivity index (χ1n) is 23.5. The Kier molecular flexibility index (Phi) is 13.1. The van der Waals surface area contributed by atoms with E-state index in [1.165, 1.54) is 22.3 Å². The van der Waals surface area contributed by atoms with E-state index in [1.54, 1.807) is 0 Å². The maximum atomic E-state index is 12.5. The van der Waals surface area contributed by atoms with E-state index >= 15 is 0 Å². The molecule has 0 fully saturated rings. The van der Waals surface area contributed by atoms with E-state index in [9.17, 15) is 5.11 Å². The quantitative estimate of drug-likeness (QED) is 0.169. The van der Waals surface area contributed by atoms with Gasteiger partial charge in [0, 0.05) is 38.5 Å². The van der Waals surface area contributed by atoms with E-state index in [0.29, 0.717) is 11.4 Å². The molecule has 6 aromatic carbocycles. The Labute approximate surface area is 415 Å². The first kappa shape index (κ1) is 49.3. The van der Waals surface area contributed by atoms with Crippen LogP contribution in [0, 0.1) is 6.07 Å². The number of aromatic nitrogens is 3. The average molecular weight is 1070 g/mol. The summed E-state index contributed by atoms with van der Waals surface area (Å²) in [6, 6.07) is 49.8. The van der Waals surface area contributed by atoms with Crippen molar-refractivity contribution in [1.82, 2.24) is 14.5 Å². The number of aromatic hydroxyl groups is 1. The second kappa shape index (κ2) is 17.8. The number of phenolic OH excluding ortho intramolecular Hbond substituents is 1. The first-order chi connectivity index (χ1) is 30.8. The Bertz CT molecular complexity index is 3080. The van der Waals surface area contributed by atoms with Crippen LogP contribution in [0.5, 0.6) is 5.75 Å². The van der Waals surface area contributed by atoms with E-state index in [1.807, 2.05) is 6.20 Å². The predicted molar refractivity (Wildman–Crippen MR) is 280 cm³/mol. The van der Waals surface area contributed by atoms with E-state index in [4.69, 9.17) is 9.97 Å². The fourth-order valence-electron chi connectivity index (χ4n) is 8.90. The molecule has 67 heavy (non-hydrogen) atoms. The summed E-state index contributed by atoms with van der Waals surface area (Å²) >= 11 is 0. The third-order valence-corrected chi connectivity index (χ3v) is 13.0. The number of fused-ring (bicyclic) bond motifs is 1. The molecule has 2 aromatic heterocycles. The Balaban J connectivity index is 0.00000666. The molecule has 0 spiro atoms. The van der Waals surface area contributed by atoms with E-state index in [0.717, 1.165) is 66.9 Å². The van der Waals surface area contributed by atoms with Crippen molar-refractivity contribution in [2.75, 3.05) is 0 Å². The molecular weight excluding hydrogens is 998 g/mol. The predicted octanol–water partition coefficient (Wildman–Crippen LogP) is 16.7. The number of imidazole rings is 1. The van der Waals surface area contributed by atoms with Crippen LogP contribution >= 0.6 is 0 Å². The molecule has 0 saturated carbocycles. The van der Waals surface area contributed by atoms with Crippen LogP contribution in [0.15, 0.2) is 134 Å². The zero-order valence-corrected chi connectivity index (χ0v) is 44.6. The largest absolute Gasteiger partial charge is 0.507 e. The Hall–Kier alpha value is -5.57. The minimum absolute atomic E-state index is 0. The molecule has 2 heterocycles. The number of nitrogens with zero attached hydrogens (tertiary/aromatic N) is 3. The van der Waals surface area contributed by atoms with Crippen LogP contribution in [0.2, 0.25) is 0 Å². The molecule has 0 aliphatic carbocycles. The summed E-state index contributed by atoms with van der Waals surface area (Å²) in [5, 5.41) is 12.5. The van der Waals surface area contributed by atoms with Gasteiger partial charge in [-0.1, -0.05) is 200 Å². The van der Waals surface area contributed by atoms with Gasteiger partial charge < -0.3 is 5.11 Å². The van der Waals surface area contributed by atoms with Gasteiger partial charge in [-0.15, -0.1) is 29.3 Å². The molecule has 8 rings (SSSR count). The van der Waals surface area contributed by atoms with Crippen LogP contribution in [0.4, 0.5) is 0 Å². The van der Waals surface area contributed by atoms with Gasteiger partial charge in [-0.05, 0) is 96.4 Å². The van der Waals surface area contributed by atoms with Gasteiger partial charge in [0.05, 0.1) is 22.3 Å². The van der Waals surface area contributed by atoms with Crippen LogP contribution in [-0.2, 0) is 48.1 Å². The molecule has 0 amide bonds. The summed E-state index contributed by atoms with van der Waals surface area (Å²) in [4.78, 5) is 10.6. The molecular formula is C62H68N3OPt-. The summed E-state index contributed by atoms with van der Waals surface area (Å²) < 4.78 is 2.30. The summed E-state index contributed by atoms with van der Waals surface area (Å²) in [5.74, 6) is 0.956. The zero-order chi connectivity index (χ0) is 47.7. The van der Waals surface area contributed by atoms with Crippen molar-refractivity contribution in [3.8, 4) is 67.5 Å². The van der Waals surface area contributed by atoms with Crippen LogP contribution in [0.3, 0.4) is 0 Å². The molecule has 0 radical (unpaired) electrons. The molecule has 0 aliphatic rings. The van der Waals surface area contributed by atoms with E-state index in [2.05, 4.69) is 242 Å². The van der Waals surface area contributed by atoms with Gasteiger partial charge >= 0.3 is 0 Å². The van der Waals surface area contributed by atoms with Crippen molar-refractivity contribution in [2.24, 2.45) is 0 Å². The molecule has 8 aromatic rings. The van der Waals surface area contributed by atoms with Gasteiger partial charge in [-0.25, -0.2) is 4.98 Å². The molecule has 348 valence electrons. The van der Waals surface area contributed by atoms with Crippen LogP contribution in [0.1, 0.15) is 132 Å². The summed E-state index contributed by atoms with van der Waals surface area (Å²) in [6.07, 6.45) is 1.91. The molecule has 0 unspecified atom stereocenters. The summed E-state index contributed by atoms with van der Waals surface area (Å²) in [7, 11) is 0. The molecule has 1 N–H and O–H groups in total. The molecule has 0 aliphatic heterocycles. The van der Waals surface area contributed by atoms with Crippen LogP contribution < -0.4 is 0 Å². The number of hydrogen-bond donors (Lipinski definition) is 1. The summed E-state index contributed by atoms with van der Waals surface area (Å²) in [5.41, 5.74) is 16.7. The molecule has 5 heteroatoms. The topological polar surface area (TPSA) is 50.9 Å². The Morgan fingerprint density at radius 1 is 0.463 bits per heavy atom. The SMILES string of the molecule is CC(C)(C)c1ccc(-c2ccnc(-c3[c-]c(-c4cccc5c4nc(-c4cc(C(C)(C)C)cc(C(C)(C)C)c4O)n5-c4ccc(-c5ccccc5)cc4C(C)(C)C)cc(C(C)(C)C)c3)c2)cc1.[Pt]. The Morgan fingerprint density at radius 3 is 1.64 bits per heavy atom. The zero-order valence-electron chi connectivity index (χ0n) is 42.3. The smallest absolute Gasteiger partial charge is 0.148 e. The van der Waals surface area contributed by atoms with E-state index in [-0.39, 0.29) is 53.9 Å². The van der Waals surface area contributed by atoms with Crippen molar-refractivity contribution in [2.45, 2.75) is 131 Å². The number of hydrogen-bond acceptors (Lipinski definition) is 3. The number of rotatable bonds is 6. The van der Waals surface area contributed by atoms with Gasteiger partial charge in [0.1, 0.15) is 11.6 Å². The minimum atomic E-state index is -0.323. The van der Waals surface area contributed by atoms with Gasteiger partial charge in [0.2, 0.25) is 0 Å². The van der Waals surface area contributed by atoms with Crippen molar-refractivity contribution in [1.29, 1.82) is 0 Å². The summed E-state index contributed by atoms with van der Waals surface area (Å²) in [6.45, 7) is 33.6. The first-order valence-corrected chi connectivity index (χ1v) is 23.5. The molecule has 0 atom stereocenters. The van der Waals surface area contributed by atoms with Gasteiger partial charge in [0.15, 0.2) is 0 Å². The molecule has 4 nitrogen and oxygen atoms in total. The monoisotopic (exact) mass is 1070 g/mol. The van der Waals surface area contributed by atoms with Crippen molar-refractivity contribution in [3.05, 3.63) is 167 Å².